The largest absolute Gasteiger partial charge is 1.00 e. The summed E-state index contributed by atoms with van der Waals surface area (Å²) in [6.07, 6.45) is 0. The molecule has 0 fully saturated rings. The molecule has 0 radical (unpaired) electrons. The van der Waals surface area contributed by atoms with Gasteiger partial charge in [-0.3, -0.25) is 4.79 Å². The standard InChI is InChI=1S/C15H9ClN2O2.Na/c16-10-7-5-9(6-8-10)14(19)13-15(20)18-12-4-2-1-3-11(12)17-13;/h1-8H,(H,18,19,20);/q;+1/p-1. The molecule has 0 spiro atoms. The van der Waals surface area contributed by atoms with E-state index in [0.717, 1.165) is 0 Å². The summed E-state index contributed by atoms with van der Waals surface area (Å²) in [5.41, 5.74) is 0.556. The van der Waals surface area contributed by atoms with Gasteiger partial charge in [-0.05, 0) is 30.3 Å². The molecular weight excluding hydrogens is 299 g/mol. The molecule has 3 aromatic rings. The van der Waals surface area contributed by atoms with E-state index in [1.807, 2.05) is 0 Å². The molecule has 1 heterocycles. The first-order chi connectivity index (χ1) is 9.65. The maximum atomic E-state index is 12.3. The Labute approximate surface area is 147 Å². The molecule has 0 aliphatic rings. The number of fused-ring (bicyclic) bond motifs is 1. The van der Waals surface area contributed by atoms with E-state index in [2.05, 4.69) is 9.97 Å². The molecule has 0 unspecified atom stereocenters. The monoisotopic (exact) mass is 306 g/mol. The first-order valence-corrected chi connectivity index (χ1v) is 6.27. The van der Waals surface area contributed by atoms with Crippen molar-refractivity contribution in [2.24, 2.45) is 0 Å². The molecule has 0 bridgehead atoms. The molecule has 6 heteroatoms. The number of carbonyl (C=O) groups is 1. The van der Waals surface area contributed by atoms with Crippen molar-refractivity contribution in [3.8, 4) is 0 Å². The van der Waals surface area contributed by atoms with E-state index < -0.39 is 11.3 Å². The fraction of sp³-hybridized carbons (Fsp3) is 0. The van der Waals surface area contributed by atoms with Crippen LogP contribution in [-0.2, 0) is 0 Å². The van der Waals surface area contributed by atoms with Crippen molar-refractivity contribution < 1.29 is 34.4 Å². The van der Waals surface area contributed by atoms with Crippen molar-refractivity contribution in [3.05, 3.63) is 75.2 Å². The first kappa shape index (κ1) is 15.9. The maximum Gasteiger partial charge on any atom is 1.00 e. The van der Waals surface area contributed by atoms with E-state index in [1.165, 1.54) is 0 Å². The van der Waals surface area contributed by atoms with Gasteiger partial charge in [-0.25, -0.2) is 4.98 Å². The van der Waals surface area contributed by atoms with Gasteiger partial charge < -0.3 is 9.78 Å². The smallest absolute Gasteiger partial charge is 0.619 e. The van der Waals surface area contributed by atoms with Crippen LogP contribution in [0.2, 0.25) is 5.02 Å². The van der Waals surface area contributed by atoms with Gasteiger partial charge in [0.1, 0.15) is 11.3 Å². The van der Waals surface area contributed by atoms with Gasteiger partial charge in [-0.15, -0.1) is 5.52 Å². The number of nitrogens with zero attached hydrogens (tertiary/aromatic N) is 2. The summed E-state index contributed by atoms with van der Waals surface area (Å²) < 4.78 is 0. The maximum absolute atomic E-state index is 12.3. The summed E-state index contributed by atoms with van der Waals surface area (Å²) in [7, 11) is 0. The van der Waals surface area contributed by atoms with E-state index in [9.17, 15) is 9.59 Å². The third-order valence-corrected chi connectivity index (χ3v) is 3.11. The zero-order valence-electron chi connectivity index (χ0n) is 11.2. The quantitative estimate of drug-likeness (QED) is 0.470. The summed E-state index contributed by atoms with van der Waals surface area (Å²) in [5.74, 6) is -0.454. The van der Waals surface area contributed by atoms with Gasteiger partial charge in [0.05, 0.1) is 0 Å². The molecule has 0 atom stereocenters. The average Bonchev–Trinajstić information content (AvgIpc) is 2.46. The minimum Gasteiger partial charge on any atom is -0.619 e. The Bertz CT molecular complexity index is 859. The number of benzene rings is 2. The molecule has 0 saturated heterocycles. The number of hydrogen-bond acceptors (Lipinski definition) is 3. The minimum atomic E-state index is -0.622. The Morgan fingerprint density at radius 2 is 1.71 bits per heavy atom. The van der Waals surface area contributed by atoms with Gasteiger partial charge in [-0.2, -0.15) is 0 Å². The molecule has 2 aromatic carbocycles. The van der Waals surface area contributed by atoms with Crippen LogP contribution in [0.3, 0.4) is 0 Å². The third kappa shape index (κ3) is 3.24. The van der Waals surface area contributed by atoms with Crippen molar-refractivity contribution in [2.75, 3.05) is 0 Å². The van der Waals surface area contributed by atoms with Crippen molar-refractivity contribution in [3.63, 3.8) is 0 Å². The van der Waals surface area contributed by atoms with E-state index in [1.54, 1.807) is 48.5 Å². The molecule has 0 aliphatic carbocycles. The van der Waals surface area contributed by atoms with Crippen LogP contribution in [0.15, 0.2) is 53.3 Å². The fourth-order valence-corrected chi connectivity index (χ4v) is 2.00. The van der Waals surface area contributed by atoms with Crippen LogP contribution in [-0.4, -0.2) is 10.8 Å². The van der Waals surface area contributed by atoms with Crippen molar-refractivity contribution in [2.45, 2.75) is 0 Å². The summed E-state index contributed by atoms with van der Waals surface area (Å²) in [5, 5.41) is 0.522. The number of para-hydroxylation sites is 2. The molecule has 4 nitrogen and oxygen atoms in total. The van der Waals surface area contributed by atoms with E-state index in [4.69, 9.17) is 11.6 Å². The zero-order chi connectivity index (χ0) is 14.1. The van der Waals surface area contributed by atoms with Crippen molar-refractivity contribution >= 4 is 28.4 Å². The predicted octanol–water partition coefficient (Wildman–Crippen LogP) is -0.559. The van der Waals surface area contributed by atoms with Gasteiger partial charge >= 0.3 is 29.6 Å². The van der Waals surface area contributed by atoms with Crippen LogP contribution in [0.4, 0.5) is 0 Å². The second kappa shape index (κ2) is 6.54. The second-order valence-corrected chi connectivity index (χ2v) is 4.64. The van der Waals surface area contributed by atoms with Crippen LogP contribution in [0.25, 0.3) is 11.0 Å². The number of carbonyl (C=O) groups excluding carboxylic acids is 1. The summed E-state index contributed by atoms with van der Waals surface area (Å²) in [4.78, 5) is 32.2. The summed E-state index contributed by atoms with van der Waals surface area (Å²) in [6.45, 7) is 0. The van der Waals surface area contributed by atoms with Crippen LogP contribution in [0.1, 0.15) is 16.1 Å². The number of hydrogen-bond donors (Lipinski definition) is 0. The summed E-state index contributed by atoms with van der Waals surface area (Å²) >= 11 is 5.77. The number of ketones is 1. The van der Waals surface area contributed by atoms with Gasteiger partial charge in [0.2, 0.25) is 5.78 Å². The third-order valence-electron chi connectivity index (χ3n) is 2.86. The molecule has 1 aromatic heterocycles. The van der Waals surface area contributed by atoms with E-state index >= 15 is 0 Å². The molecule has 0 saturated carbocycles. The molecule has 3 rings (SSSR count). The Morgan fingerprint density at radius 3 is 2.43 bits per heavy atom. The normalized spacial score (nSPS) is 10.1. The fourth-order valence-electron chi connectivity index (χ4n) is 1.87. The minimum absolute atomic E-state index is 0. The van der Waals surface area contributed by atoms with Gasteiger partial charge in [0.15, 0.2) is 0 Å². The summed E-state index contributed by atoms with van der Waals surface area (Å²) in [6, 6.07) is 13.2. The first-order valence-electron chi connectivity index (χ1n) is 5.89. The van der Waals surface area contributed by atoms with Gasteiger partial charge in [0.25, 0.3) is 0 Å². The number of rotatable bonds is 2. The van der Waals surface area contributed by atoms with Crippen molar-refractivity contribution in [1.82, 2.24) is 9.97 Å². The van der Waals surface area contributed by atoms with Crippen LogP contribution in [0.5, 0.6) is 0 Å². The Balaban J connectivity index is 0.00000161. The van der Waals surface area contributed by atoms with Crippen LogP contribution < -0.4 is 40.1 Å². The molecule has 0 aliphatic heterocycles. The van der Waals surface area contributed by atoms with Crippen LogP contribution >= 0.6 is 11.6 Å². The molecule has 0 amide bonds. The number of aromatic nitrogens is 2. The predicted molar refractivity (Wildman–Crippen MR) is 76.2 cm³/mol. The Hall–Kier alpha value is -1.46. The molecular formula is C15H8ClN2NaO2. The Kier molecular flexibility index (Phi) is 4.96. The second-order valence-electron chi connectivity index (χ2n) is 4.20. The van der Waals surface area contributed by atoms with E-state index in [-0.39, 0.29) is 35.3 Å². The van der Waals surface area contributed by atoms with Gasteiger partial charge in [-0.1, -0.05) is 29.8 Å². The SMILES string of the molecule is O=C(c1ccc(Cl)cc1)c1nc2ccccc2[n-]c1=O.[Na+]. The molecule has 21 heavy (non-hydrogen) atoms. The number of halogens is 1. The van der Waals surface area contributed by atoms with E-state index in [0.29, 0.717) is 21.6 Å². The Morgan fingerprint density at radius 1 is 1.05 bits per heavy atom. The molecule has 98 valence electrons. The zero-order valence-corrected chi connectivity index (χ0v) is 14.0. The van der Waals surface area contributed by atoms with Crippen LogP contribution in [0, 0.1) is 0 Å². The average molecular weight is 307 g/mol. The molecule has 0 N–H and O–H groups in total. The van der Waals surface area contributed by atoms with Gasteiger partial charge in [0, 0.05) is 16.1 Å². The topological polar surface area (TPSA) is 61.1 Å². The van der Waals surface area contributed by atoms with Crippen molar-refractivity contribution in [1.29, 1.82) is 0 Å².